The number of ether oxygens (including phenoxy) is 1. The fourth-order valence-corrected chi connectivity index (χ4v) is 3.02. The number of primary sulfonamides is 1. The molecule has 0 saturated carbocycles. The number of methoxy groups -OCH3 is 1. The van der Waals surface area contributed by atoms with Crippen LogP contribution in [0, 0.1) is 6.92 Å². The zero-order valence-electron chi connectivity index (χ0n) is 12.0. The lowest BCUT2D eigenvalue weighted by molar-refractivity contribution is 0.0600. The molecule has 0 aliphatic rings. The molecule has 0 fully saturated rings. The highest BCUT2D eigenvalue weighted by Gasteiger charge is 2.21. The minimum atomic E-state index is -4.04. The maximum absolute atomic E-state index is 11.9. The van der Waals surface area contributed by atoms with E-state index < -0.39 is 16.0 Å². The lowest BCUT2D eigenvalue weighted by Crippen LogP contribution is -2.15. The molecule has 2 rings (SSSR count). The monoisotopic (exact) mass is 339 g/mol. The van der Waals surface area contributed by atoms with Crippen molar-refractivity contribution in [3.63, 3.8) is 0 Å². The molecule has 0 bridgehead atoms. The van der Waals surface area contributed by atoms with Crippen LogP contribution in [0.1, 0.15) is 15.9 Å². The summed E-state index contributed by atoms with van der Waals surface area (Å²) >= 11 is 6.07. The minimum absolute atomic E-state index is 0.0518. The minimum Gasteiger partial charge on any atom is -0.465 e. The smallest absolute Gasteiger partial charge is 0.339 e. The van der Waals surface area contributed by atoms with Crippen molar-refractivity contribution < 1.29 is 17.9 Å². The highest BCUT2D eigenvalue weighted by atomic mass is 35.5. The van der Waals surface area contributed by atoms with Gasteiger partial charge in [0.1, 0.15) is 0 Å². The summed E-state index contributed by atoms with van der Waals surface area (Å²) in [4.78, 5) is 11.5. The molecule has 7 heteroatoms. The zero-order valence-corrected chi connectivity index (χ0v) is 13.5. The van der Waals surface area contributed by atoms with Gasteiger partial charge in [0.05, 0.1) is 22.6 Å². The van der Waals surface area contributed by atoms with Gasteiger partial charge in [0.2, 0.25) is 10.0 Å². The van der Waals surface area contributed by atoms with E-state index in [-0.39, 0.29) is 15.5 Å². The Morgan fingerprint density at radius 1 is 1.18 bits per heavy atom. The highest BCUT2D eigenvalue weighted by molar-refractivity contribution is 7.89. The van der Waals surface area contributed by atoms with Gasteiger partial charge in [-0.3, -0.25) is 0 Å². The molecule has 2 N–H and O–H groups in total. The molecule has 0 atom stereocenters. The molecular weight excluding hydrogens is 326 g/mol. The Hall–Kier alpha value is -1.89. The van der Waals surface area contributed by atoms with Gasteiger partial charge >= 0.3 is 5.97 Å². The van der Waals surface area contributed by atoms with Gasteiger partial charge in [-0.15, -0.1) is 0 Å². The number of esters is 1. The van der Waals surface area contributed by atoms with Crippen LogP contribution < -0.4 is 5.14 Å². The molecule has 22 heavy (non-hydrogen) atoms. The number of rotatable bonds is 3. The number of hydrogen-bond donors (Lipinski definition) is 1. The molecular formula is C15H14ClNO4S. The van der Waals surface area contributed by atoms with Crippen molar-refractivity contribution in [2.45, 2.75) is 11.8 Å². The topological polar surface area (TPSA) is 86.5 Å². The van der Waals surface area contributed by atoms with E-state index in [1.807, 2.05) is 19.1 Å². The molecule has 0 heterocycles. The second-order valence-electron chi connectivity index (χ2n) is 4.73. The van der Waals surface area contributed by atoms with Gasteiger partial charge in [-0.2, -0.15) is 0 Å². The van der Waals surface area contributed by atoms with E-state index in [1.165, 1.54) is 13.2 Å². The van der Waals surface area contributed by atoms with E-state index in [4.69, 9.17) is 16.7 Å². The van der Waals surface area contributed by atoms with Crippen LogP contribution in [0.5, 0.6) is 0 Å². The van der Waals surface area contributed by atoms with Crippen LogP contribution in [-0.2, 0) is 14.8 Å². The molecule has 2 aromatic carbocycles. The molecule has 0 amide bonds. The predicted molar refractivity (Wildman–Crippen MR) is 84.3 cm³/mol. The summed E-state index contributed by atoms with van der Waals surface area (Å²) in [7, 11) is -2.86. The number of halogens is 1. The molecule has 116 valence electrons. The van der Waals surface area contributed by atoms with Gasteiger partial charge in [-0.05, 0) is 24.6 Å². The summed E-state index contributed by atoms with van der Waals surface area (Å²) in [5, 5.41) is 5.35. The van der Waals surface area contributed by atoms with Crippen LogP contribution in [0.2, 0.25) is 5.02 Å². The Labute approximate surface area is 133 Å². The van der Waals surface area contributed by atoms with Crippen LogP contribution in [0.3, 0.4) is 0 Å². The average Bonchev–Trinajstić information content (AvgIpc) is 2.45. The molecule has 0 aliphatic heterocycles. The quantitative estimate of drug-likeness (QED) is 0.871. The van der Waals surface area contributed by atoms with Crippen LogP contribution in [0.15, 0.2) is 41.3 Å². The lowest BCUT2D eigenvalue weighted by atomic mass is 10.0. The Kier molecular flexibility index (Phi) is 4.55. The summed E-state index contributed by atoms with van der Waals surface area (Å²) in [6.07, 6.45) is 0. The van der Waals surface area contributed by atoms with Crippen molar-refractivity contribution in [3.05, 3.63) is 52.5 Å². The van der Waals surface area contributed by atoms with Crippen molar-refractivity contribution in [2.24, 2.45) is 5.14 Å². The first-order valence-corrected chi connectivity index (χ1v) is 8.18. The Morgan fingerprint density at radius 3 is 2.27 bits per heavy atom. The Morgan fingerprint density at radius 2 is 1.77 bits per heavy atom. The standard InChI is InChI=1S/C15H14ClNO4S/c1-9-3-5-10(6-4-9)11-7-13(16)12(15(18)21-2)8-14(11)22(17,19)20/h3-8H,1-2H3,(H2,17,19,20). The van der Waals surface area contributed by atoms with Crippen molar-refractivity contribution in [2.75, 3.05) is 7.11 Å². The summed E-state index contributed by atoms with van der Waals surface area (Å²) in [6, 6.07) is 9.73. The van der Waals surface area contributed by atoms with Gasteiger partial charge in [0.15, 0.2) is 0 Å². The van der Waals surface area contributed by atoms with Crippen molar-refractivity contribution in [3.8, 4) is 11.1 Å². The second kappa shape index (κ2) is 6.08. The van der Waals surface area contributed by atoms with E-state index in [9.17, 15) is 13.2 Å². The van der Waals surface area contributed by atoms with Crippen LogP contribution in [0.4, 0.5) is 0 Å². The van der Waals surface area contributed by atoms with E-state index in [1.54, 1.807) is 12.1 Å². The van der Waals surface area contributed by atoms with Crippen LogP contribution >= 0.6 is 11.6 Å². The molecule has 0 aromatic heterocycles. The number of carbonyl (C=O) groups excluding carboxylic acids is 1. The predicted octanol–water partition coefficient (Wildman–Crippen LogP) is 2.75. The van der Waals surface area contributed by atoms with Gasteiger partial charge in [-0.25, -0.2) is 18.4 Å². The first-order valence-electron chi connectivity index (χ1n) is 6.25. The summed E-state index contributed by atoms with van der Waals surface area (Å²) in [5.74, 6) is -0.731. The van der Waals surface area contributed by atoms with Gasteiger partial charge in [-0.1, -0.05) is 41.4 Å². The molecule has 2 aromatic rings. The van der Waals surface area contributed by atoms with Crippen LogP contribution in [-0.4, -0.2) is 21.5 Å². The molecule has 0 unspecified atom stereocenters. The third-order valence-electron chi connectivity index (χ3n) is 3.14. The maximum atomic E-state index is 11.9. The van der Waals surface area contributed by atoms with Gasteiger partial charge in [0.25, 0.3) is 0 Å². The SMILES string of the molecule is COC(=O)c1cc(S(N)(=O)=O)c(-c2ccc(C)cc2)cc1Cl. The first-order chi connectivity index (χ1) is 10.2. The first kappa shape index (κ1) is 16.5. The van der Waals surface area contributed by atoms with Crippen molar-refractivity contribution in [1.82, 2.24) is 0 Å². The van der Waals surface area contributed by atoms with E-state index in [0.29, 0.717) is 11.1 Å². The number of carbonyl (C=O) groups is 1. The highest BCUT2D eigenvalue weighted by Crippen LogP contribution is 2.32. The number of nitrogens with two attached hydrogens (primary N) is 1. The largest absolute Gasteiger partial charge is 0.465 e. The third kappa shape index (κ3) is 3.30. The summed E-state index contributed by atoms with van der Waals surface area (Å²) < 4.78 is 28.3. The zero-order chi connectivity index (χ0) is 16.5. The number of hydrogen-bond acceptors (Lipinski definition) is 4. The molecule has 5 nitrogen and oxygen atoms in total. The molecule has 0 spiro atoms. The Bertz CT molecular complexity index is 829. The van der Waals surface area contributed by atoms with E-state index >= 15 is 0 Å². The maximum Gasteiger partial charge on any atom is 0.339 e. The van der Waals surface area contributed by atoms with Crippen molar-refractivity contribution >= 4 is 27.6 Å². The molecule has 0 radical (unpaired) electrons. The molecule has 0 saturated heterocycles. The van der Waals surface area contributed by atoms with Gasteiger partial charge < -0.3 is 4.74 Å². The number of aryl methyl sites for hydroxylation is 1. The number of sulfonamides is 1. The average molecular weight is 340 g/mol. The van der Waals surface area contributed by atoms with Gasteiger partial charge in [0, 0.05) is 5.56 Å². The fourth-order valence-electron chi connectivity index (χ4n) is 2.01. The summed E-state index contributed by atoms with van der Waals surface area (Å²) in [5.41, 5.74) is 1.94. The molecule has 0 aliphatic carbocycles. The van der Waals surface area contributed by atoms with E-state index in [2.05, 4.69) is 4.74 Å². The second-order valence-corrected chi connectivity index (χ2v) is 6.67. The summed E-state index contributed by atoms with van der Waals surface area (Å²) in [6.45, 7) is 1.91. The van der Waals surface area contributed by atoms with Crippen molar-refractivity contribution in [1.29, 1.82) is 0 Å². The van der Waals surface area contributed by atoms with E-state index in [0.717, 1.165) is 11.6 Å². The fraction of sp³-hybridized carbons (Fsp3) is 0.133. The Balaban J connectivity index is 2.76. The normalized spacial score (nSPS) is 11.3. The number of benzene rings is 2. The van der Waals surface area contributed by atoms with Crippen LogP contribution in [0.25, 0.3) is 11.1 Å². The third-order valence-corrected chi connectivity index (χ3v) is 4.41. The lowest BCUT2D eigenvalue weighted by Gasteiger charge is -2.12.